The number of aromatic nitrogens is 2. The van der Waals surface area contributed by atoms with Crippen LogP contribution in [0.2, 0.25) is 5.02 Å². The molecule has 0 saturated carbocycles. The van der Waals surface area contributed by atoms with Crippen molar-refractivity contribution in [2.75, 3.05) is 31.3 Å². The Balaban J connectivity index is 1.18. The van der Waals surface area contributed by atoms with Gasteiger partial charge in [0.25, 0.3) is 0 Å². The number of carbonyl (C=O) groups excluding carboxylic acids is 2. The van der Waals surface area contributed by atoms with Gasteiger partial charge in [0, 0.05) is 58.1 Å². The van der Waals surface area contributed by atoms with Crippen molar-refractivity contribution in [3.63, 3.8) is 0 Å². The van der Waals surface area contributed by atoms with E-state index in [0.29, 0.717) is 17.8 Å². The Morgan fingerprint density at radius 1 is 1.00 bits per heavy atom. The van der Waals surface area contributed by atoms with E-state index < -0.39 is 18.1 Å². The van der Waals surface area contributed by atoms with E-state index >= 15 is 0 Å². The molecule has 6 rings (SSSR count). The van der Waals surface area contributed by atoms with Crippen LogP contribution >= 0.6 is 23.4 Å². The smallest absolute Gasteiger partial charge is 0.407 e. The Bertz CT molecular complexity index is 1820. The quantitative estimate of drug-likeness (QED) is 0.107. The highest BCUT2D eigenvalue weighted by Crippen LogP contribution is 2.34. The van der Waals surface area contributed by atoms with Crippen molar-refractivity contribution < 1.29 is 19.1 Å². The SMILES string of the molecule is COC(=O)N[C@H](C(=O)Nc1ccccc1CC[C@@H]1CNC[C@@H](CSc2ccc(Cl)cc2)O1)[C@@H](c1ccccc1)c1c[nH]c2ncccc12. The second-order valence-electron chi connectivity index (χ2n) is 11.6. The minimum absolute atomic E-state index is 0.0324. The molecule has 248 valence electrons. The monoisotopic (exact) mass is 683 g/mol. The second-order valence-corrected chi connectivity index (χ2v) is 13.2. The van der Waals surface area contributed by atoms with Crippen LogP contribution in [0, 0.1) is 0 Å². The first-order chi connectivity index (χ1) is 23.5. The van der Waals surface area contributed by atoms with Crippen molar-refractivity contribution in [3.8, 4) is 0 Å². The lowest BCUT2D eigenvalue weighted by atomic mass is 9.84. The molecule has 11 heteroatoms. The van der Waals surface area contributed by atoms with Gasteiger partial charge in [0.1, 0.15) is 11.7 Å². The predicted molar refractivity (Wildman–Crippen MR) is 191 cm³/mol. The van der Waals surface area contributed by atoms with Crippen LogP contribution in [0.4, 0.5) is 10.5 Å². The Labute approximate surface area is 289 Å². The van der Waals surface area contributed by atoms with Crippen LogP contribution in [0.5, 0.6) is 0 Å². The van der Waals surface area contributed by atoms with Crippen LogP contribution in [0.1, 0.15) is 29.0 Å². The Hall–Kier alpha value is -4.35. The van der Waals surface area contributed by atoms with Crippen LogP contribution in [-0.4, -0.2) is 66.2 Å². The topological polar surface area (TPSA) is 117 Å². The second kappa shape index (κ2) is 16.2. The zero-order chi connectivity index (χ0) is 33.3. The first-order valence-corrected chi connectivity index (χ1v) is 17.3. The molecule has 2 amide bonds. The third-order valence-corrected chi connectivity index (χ3v) is 9.84. The average molecular weight is 684 g/mol. The number of hydrogen-bond acceptors (Lipinski definition) is 7. The molecule has 2 aromatic heterocycles. The normalized spacial score (nSPS) is 17.4. The van der Waals surface area contributed by atoms with Gasteiger partial charge in [-0.2, -0.15) is 0 Å². The first-order valence-electron chi connectivity index (χ1n) is 15.9. The average Bonchev–Trinajstić information content (AvgIpc) is 3.55. The number of ether oxygens (including phenoxy) is 2. The number of carbonyl (C=O) groups is 2. The van der Waals surface area contributed by atoms with E-state index in [1.807, 2.05) is 97.2 Å². The maximum Gasteiger partial charge on any atom is 0.407 e. The number of methoxy groups -OCH3 is 1. The van der Waals surface area contributed by atoms with E-state index in [1.165, 1.54) is 7.11 Å². The number of aryl methyl sites for hydroxylation is 1. The first kappa shape index (κ1) is 33.5. The van der Waals surface area contributed by atoms with Gasteiger partial charge < -0.3 is 30.4 Å². The molecule has 3 aromatic carbocycles. The number of alkyl carbamates (subject to hydrolysis) is 1. The molecule has 1 fully saturated rings. The van der Waals surface area contributed by atoms with Gasteiger partial charge in [0.2, 0.25) is 5.91 Å². The highest BCUT2D eigenvalue weighted by atomic mass is 35.5. The standard InChI is InChI=1S/C37H38ClN5O4S/c1-46-37(45)43-34(33(25-9-3-2-4-10-25)31-22-41-35-30(31)11-7-19-40-35)36(44)42-32-12-6-5-8-24(32)13-16-27-20-39-21-28(47-27)23-48-29-17-14-26(38)15-18-29/h2-12,14-15,17-19,22,27-28,33-34,39H,13,16,20-21,23H2,1H3,(H,40,41)(H,42,44)(H,43,45)/t27-,28+,33+,34+/m1/s1. The molecule has 4 N–H and O–H groups in total. The number of aromatic amines is 1. The number of pyridine rings is 1. The van der Waals surface area contributed by atoms with Crippen LogP contribution < -0.4 is 16.0 Å². The lowest BCUT2D eigenvalue weighted by molar-refractivity contribution is -0.118. The fourth-order valence-electron chi connectivity index (χ4n) is 6.08. The minimum atomic E-state index is -1.00. The van der Waals surface area contributed by atoms with Crippen LogP contribution in [0.25, 0.3) is 11.0 Å². The fourth-order valence-corrected chi connectivity index (χ4v) is 7.11. The van der Waals surface area contributed by atoms with E-state index in [-0.39, 0.29) is 18.1 Å². The third kappa shape index (κ3) is 8.38. The van der Waals surface area contributed by atoms with Gasteiger partial charge in [0.05, 0.1) is 19.3 Å². The Kier molecular flexibility index (Phi) is 11.3. The number of nitrogens with zero attached hydrogens (tertiary/aromatic N) is 1. The van der Waals surface area contributed by atoms with Crippen LogP contribution in [0.15, 0.2) is 108 Å². The third-order valence-electron chi connectivity index (χ3n) is 8.44. The van der Waals surface area contributed by atoms with Gasteiger partial charge >= 0.3 is 6.09 Å². The molecule has 0 bridgehead atoms. The molecule has 0 spiro atoms. The summed E-state index contributed by atoms with van der Waals surface area (Å²) in [7, 11) is 1.29. The van der Waals surface area contributed by atoms with E-state index in [1.54, 1.807) is 18.0 Å². The van der Waals surface area contributed by atoms with Gasteiger partial charge in [-0.3, -0.25) is 4.79 Å². The number of anilines is 1. The molecule has 48 heavy (non-hydrogen) atoms. The van der Waals surface area contributed by atoms with Gasteiger partial charge in [-0.25, -0.2) is 9.78 Å². The molecule has 4 atom stereocenters. The van der Waals surface area contributed by atoms with E-state index in [0.717, 1.165) is 57.3 Å². The maximum atomic E-state index is 14.3. The summed E-state index contributed by atoms with van der Waals surface area (Å²) in [5.74, 6) is -0.0730. The van der Waals surface area contributed by atoms with Crippen molar-refractivity contribution >= 4 is 52.1 Å². The molecular formula is C37H38ClN5O4S. The molecular weight excluding hydrogens is 646 g/mol. The number of fused-ring (bicyclic) bond motifs is 1. The Morgan fingerprint density at radius 2 is 1.77 bits per heavy atom. The van der Waals surface area contributed by atoms with Crippen LogP contribution in [0.3, 0.4) is 0 Å². The summed E-state index contributed by atoms with van der Waals surface area (Å²) in [6, 6.07) is 28.1. The molecule has 0 aliphatic carbocycles. The zero-order valence-electron chi connectivity index (χ0n) is 26.5. The summed E-state index contributed by atoms with van der Waals surface area (Å²) in [6.45, 7) is 1.56. The predicted octanol–water partition coefficient (Wildman–Crippen LogP) is 6.79. The number of halogens is 1. The van der Waals surface area contributed by atoms with Crippen molar-refractivity contribution in [3.05, 3.63) is 125 Å². The molecule has 0 radical (unpaired) electrons. The number of morpholine rings is 1. The number of para-hydroxylation sites is 1. The number of rotatable bonds is 12. The van der Waals surface area contributed by atoms with Crippen molar-refractivity contribution in [2.45, 2.75) is 41.9 Å². The van der Waals surface area contributed by atoms with Gasteiger partial charge in [-0.15, -0.1) is 11.8 Å². The largest absolute Gasteiger partial charge is 0.453 e. The molecule has 3 heterocycles. The number of nitrogens with one attached hydrogen (secondary N) is 4. The van der Waals surface area contributed by atoms with Crippen molar-refractivity contribution in [1.82, 2.24) is 20.6 Å². The highest BCUT2D eigenvalue weighted by molar-refractivity contribution is 7.99. The molecule has 9 nitrogen and oxygen atoms in total. The number of thioether (sulfide) groups is 1. The number of amides is 2. The fraction of sp³-hybridized carbons (Fsp3) is 0.270. The van der Waals surface area contributed by atoms with Crippen LogP contribution in [-0.2, 0) is 20.7 Å². The molecule has 0 unspecified atom stereocenters. The molecule has 5 aromatic rings. The summed E-state index contributed by atoms with van der Waals surface area (Å²) in [5.41, 5.74) is 4.06. The van der Waals surface area contributed by atoms with Gasteiger partial charge in [0.15, 0.2) is 0 Å². The maximum absolute atomic E-state index is 14.3. The number of hydrogen-bond donors (Lipinski definition) is 4. The summed E-state index contributed by atoms with van der Waals surface area (Å²) < 4.78 is 11.4. The minimum Gasteiger partial charge on any atom is -0.453 e. The van der Waals surface area contributed by atoms with E-state index in [9.17, 15) is 9.59 Å². The highest BCUT2D eigenvalue weighted by Gasteiger charge is 2.35. The lowest BCUT2D eigenvalue weighted by Crippen LogP contribution is -2.48. The lowest BCUT2D eigenvalue weighted by Gasteiger charge is -2.31. The molecule has 1 aliphatic heterocycles. The summed E-state index contributed by atoms with van der Waals surface area (Å²) in [4.78, 5) is 35.8. The van der Waals surface area contributed by atoms with Gasteiger partial charge in [-0.05, 0) is 72.0 Å². The van der Waals surface area contributed by atoms with Crippen molar-refractivity contribution in [1.29, 1.82) is 0 Å². The van der Waals surface area contributed by atoms with E-state index in [4.69, 9.17) is 21.1 Å². The number of H-pyrrole nitrogens is 1. The molecule has 1 aliphatic rings. The molecule has 1 saturated heterocycles. The van der Waals surface area contributed by atoms with Gasteiger partial charge in [-0.1, -0.05) is 60.1 Å². The summed E-state index contributed by atoms with van der Waals surface area (Å²) in [6.07, 6.45) is 4.45. The van der Waals surface area contributed by atoms with E-state index in [2.05, 4.69) is 25.9 Å². The van der Waals surface area contributed by atoms with Crippen molar-refractivity contribution in [2.24, 2.45) is 0 Å². The Morgan fingerprint density at radius 3 is 2.58 bits per heavy atom. The zero-order valence-corrected chi connectivity index (χ0v) is 28.1. The summed E-state index contributed by atoms with van der Waals surface area (Å²) in [5, 5.41) is 11.1. The summed E-state index contributed by atoms with van der Waals surface area (Å²) >= 11 is 7.79. The number of benzene rings is 3.